The molecule has 1 fully saturated rings. The first-order valence-electron chi connectivity index (χ1n) is 6.77. The van der Waals surface area contributed by atoms with Crippen molar-refractivity contribution in [1.82, 2.24) is 10.3 Å². The number of amides is 1. The Labute approximate surface area is 122 Å². The fourth-order valence-corrected chi connectivity index (χ4v) is 2.69. The van der Waals surface area contributed by atoms with Crippen LogP contribution >= 0.6 is 15.9 Å². The lowest BCUT2D eigenvalue weighted by atomic mass is 9.98. The molecule has 0 radical (unpaired) electrons. The zero-order valence-electron chi connectivity index (χ0n) is 10.9. The molecule has 0 aliphatic heterocycles. The van der Waals surface area contributed by atoms with E-state index in [1.165, 1.54) is 19.3 Å². The van der Waals surface area contributed by atoms with Gasteiger partial charge >= 0.3 is 0 Å². The molecular formula is C14H19BrN2O2. The number of carbonyl (C=O) groups is 1. The van der Waals surface area contributed by atoms with E-state index in [1.54, 1.807) is 18.3 Å². The van der Waals surface area contributed by atoms with Gasteiger partial charge in [-0.1, -0.05) is 19.3 Å². The SMILES string of the molecule is O=C(NCCOC1CCCCC1)c1ncccc1Br. The van der Waals surface area contributed by atoms with Crippen LogP contribution in [0.2, 0.25) is 0 Å². The molecule has 0 spiro atoms. The Kier molecular flexibility index (Phi) is 5.79. The summed E-state index contributed by atoms with van der Waals surface area (Å²) in [5.41, 5.74) is 0.417. The summed E-state index contributed by atoms with van der Waals surface area (Å²) in [5, 5.41) is 2.82. The van der Waals surface area contributed by atoms with E-state index >= 15 is 0 Å². The number of pyridine rings is 1. The van der Waals surface area contributed by atoms with Crippen molar-refractivity contribution >= 4 is 21.8 Å². The van der Waals surface area contributed by atoms with Crippen LogP contribution in [0.25, 0.3) is 0 Å². The highest BCUT2D eigenvalue weighted by Crippen LogP contribution is 2.19. The number of rotatable bonds is 5. The lowest BCUT2D eigenvalue weighted by Gasteiger charge is -2.21. The molecule has 0 unspecified atom stereocenters. The third-order valence-corrected chi connectivity index (χ3v) is 3.91. The van der Waals surface area contributed by atoms with E-state index < -0.39 is 0 Å². The molecule has 19 heavy (non-hydrogen) atoms. The highest BCUT2D eigenvalue weighted by molar-refractivity contribution is 9.10. The van der Waals surface area contributed by atoms with E-state index in [9.17, 15) is 4.79 Å². The molecule has 4 nitrogen and oxygen atoms in total. The number of hydrogen-bond donors (Lipinski definition) is 1. The molecule has 104 valence electrons. The van der Waals surface area contributed by atoms with Gasteiger partial charge in [0.2, 0.25) is 0 Å². The highest BCUT2D eigenvalue weighted by atomic mass is 79.9. The molecule has 1 saturated carbocycles. The molecule has 0 atom stereocenters. The van der Waals surface area contributed by atoms with Gasteiger partial charge in [-0.3, -0.25) is 4.79 Å². The standard InChI is InChI=1S/C14H19BrN2O2/c15-12-7-4-8-16-13(12)14(18)17-9-10-19-11-5-2-1-3-6-11/h4,7-8,11H,1-3,5-6,9-10H2,(H,17,18). The summed E-state index contributed by atoms with van der Waals surface area (Å²) in [6.45, 7) is 1.10. The van der Waals surface area contributed by atoms with Gasteiger partial charge < -0.3 is 10.1 Å². The molecular weight excluding hydrogens is 308 g/mol. The van der Waals surface area contributed by atoms with Gasteiger partial charge in [0.15, 0.2) is 0 Å². The Hall–Kier alpha value is -0.940. The van der Waals surface area contributed by atoms with Crippen LogP contribution in [0.4, 0.5) is 0 Å². The smallest absolute Gasteiger partial charge is 0.271 e. The first-order chi connectivity index (χ1) is 9.27. The normalized spacial score (nSPS) is 16.3. The zero-order valence-corrected chi connectivity index (χ0v) is 12.5. The fraction of sp³-hybridized carbons (Fsp3) is 0.571. The van der Waals surface area contributed by atoms with E-state index in [0.717, 1.165) is 12.8 Å². The number of carbonyl (C=O) groups excluding carboxylic acids is 1. The summed E-state index contributed by atoms with van der Waals surface area (Å²) >= 11 is 3.31. The van der Waals surface area contributed by atoms with E-state index in [0.29, 0.717) is 29.4 Å². The predicted molar refractivity (Wildman–Crippen MR) is 77.1 cm³/mol. The first-order valence-corrected chi connectivity index (χ1v) is 7.57. The molecule has 0 aromatic carbocycles. The van der Waals surface area contributed by atoms with Crippen LogP contribution in [0.15, 0.2) is 22.8 Å². The lowest BCUT2D eigenvalue weighted by molar-refractivity contribution is 0.0299. The first kappa shape index (κ1) is 14.5. The van der Waals surface area contributed by atoms with Crippen LogP contribution in [0.1, 0.15) is 42.6 Å². The van der Waals surface area contributed by atoms with Crippen molar-refractivity contribution < 1.29 is 9.53 Å². The van der Waals surface area contributed by atoms with Crippen LogP contribution in [-0.2, 0) is 4.74 Å². The lowest BCUT2D eigenvalue weighted by Crippen LogP contribution is -2.30. The van der Waals surface area contributed by atoms with Crippen molar-refractivity contribution in [2.24, 2.45) is 0 Å². The maximum atomic E-state index is 11.9. The number of nitrogens with zero attached hydrogens (tertiary/aromatic N) is 1. The maximum Gasteiger partial charge on any atom is 0.271 e. The molecule has 1 aliphatic carbocycles. The Morgan fingerprint density at radius 1 is 1.42 bits per heavy atom. The summed E-state index contributed by atoms with van der Waals surface area (Å²) in [4.78, 5) is 15.9. The van der Waals surface area contributed by atoms with E-state index in [1.807, 2.05) is 0 Å². The largest absolute Gasteiger partial charge is 0.376 e. The summed E-state index contributed by atoms with van der Waals surface area (Å²) < 4.78 is 6.46. The molecule has 0 bridgehead atoms. The minimum atomic E-state index is -0.167. The summed E-state index contributed by atoms with van der Waals surface area (Å²) in [5.74, 6) is -0.167. The Morgan fingerprint density at radius 3 is 2.95 bits per heavy atom. The number of aromatic nitrogens is 1. The molecule has 1 N–H and O–H groups in total. The van der Waals surface area contributed by atoms with Crippen molar-refractivity contribution in [2.75, 3.05) is 13.2 Å². The third-order valence-electron chi connectivity index (χ3n) is 3.27. The number of halogens is 1. The van der Waals surface area contributed by atoms with Gasteiger partial charge in [-0.2, -0.15) is 0 Å². The summed E-state index contributed by atoms with van der Waals surface area (Å²) in [6.07, 6.45) is 8.14. The summed E-state index contributed by atoms with van der Waals surface area (Å²) in [7, 11) is 0. The average molecular weight is 327 g/mol. The van der Waals surface area contributed by atoms with E-state index in [-0.39, 0.29) is 5.91 Å². The van der Waals surface area contributed by atoms with Gasteiger partial charge in [-0.05, 0) is 40.9 Å². The molecule has 1 amide bonds. The zero-order chi connectivity index (χ0) is 13.5. The second kappa shape index (κ2) is 7.60. The predicted octanol–water partition coefficient (Wildman–Crippen LogP) is 2.92. The molecule has 1 aliphatic rings. The molecule has 1 aromatic rings. The fourth-order valence-electron chi connectivity index (χ4n) is 2.26. The topological polar surface area (TPSA) is 51.2 Å². The van der Waals surface area contributed by atoms with Gasteiger partial charge in [0, 0.05) is 17.2 Å². The van der Waals surface area contributed by atoms with Crippen LogP contribution in [0.3, 0.4) is 0 Å². The minimum Gasteiger partial charge on any atom is -0.376 e. The Morgan fingerprint density at radius 2 is 2.21 bits per heavy atom. The number of ether oxygens (including phenoxy) is 1. The van der Waals surface area contributed by atoms with Crippen molar-refractivity contribution in [3.05, 3.63) is 28.5 Å². The molecule has 1 aromatic heterocycles. The van der Waals surface area contributed by atoms with Crippen LogP contribution in [0.5, 0.6) is 0 Å². The Balaban J connectivity index is 1.68. The van der Waals surface area contributed by atoms with Crippen molar-refractivity contribution in [3.63, 3.8) is 0 Å². The summed E-state index contributed by atoms with van der Waals surface area (Å²) in [6, 6.07) is 3.59. The second-order valence-electron chi connectivity index (χ2n) is 4.72. The minimum absolute atomic E-state index is 0.167. The number of nitrogens with one attached hydrogen (secondary N) is 1. The van der Waals surface area contributed by atoms with Gasteiger partial charge in [-0.25, -0.2) is 4.98 Å². The second-order valence-corrected chi connectivity index (χ2v) is 5.57. The van der Waals surface area contributed by atoms with Crippen molar-refractivity contribution in [3.8, 4) is 0 Å². The van der Waals surface area contributed by atoms with E-state index in [4.69, 9.17) is 4.74 Å². The molecule has 1 heterocycles. The van der Waals surface area contributed by atoms with Gasteiger partial charge in [0.1, 0.15) is 5.69 Å². The molecule has 0 saturated heterocycles. The quantitative estimate of drug-likeness (QED) is 0.846. The highest BCUT2D eigenvalue weighted by Gasteiger charge is 2.14. The van der Waals surface area contributed by atoms with Crippen LogP contribution in [0, 0.1) is 0 Å². The molecule has 5 heteroatoms. The van der Waals surface area contributed by atoms with Gasteiger partial charge in [-0.15, -0.1) is 0 Å². The van der Waals surface area contributed by atoms with Crippen LogP contribution < -0.4 is 5.32 Å². The third kappa shape index (κ3) is 4.58. The molecule has 2 rings (SSSR count). The van der Waals surface area contributed by atoms with E-state index in [2.05, 4.69) is 26.2 Å². The van der Waals surface area contributed by atoms with Crippen molar-refractivity contribution in [2.45, 2.75) is 38.2 Å². The van der Waals surface area contributed by atoms with Gasteiger partial charge in [0.05, 0.1) is 12.7 Å². The van der Waals surface area contributed by atoms with Crippen molar-refractivity contribution in [1.29, 1.82) is 0 Å². The van der Waals surface area contributed by atoms with Crippen LogP contribution in [-0.4, -0.2) is 30.1 Å². The Bertz CT molecular complexity index is 420. The van der Waals surface area contributed by atoms with Gasteiger partial charge in [0.25, 0.3) is 5.91 Å². The average Bonchev–Trinajstić information content (AvgIpc) is 2.45. The maximum absolute atomic E-state index is 11.9. The monoisotopic (exact) mass is 326 g/mol. The number of hydrogen-bond acceptors (Lipinski definition) is 3.